The first-order chi connectivity index (χ1) is 10.3. The molecule has 5 heteroatoms. The Balaban J connectivity index is 2.56. The second kappa shape index (κ2) is 6.59. The molecule has 2 rings (SSSR count). The molecule has 1 aromatic carbocycles. The molecular formula is C17H27NO3S. The van der Waals surface area contributed by atoms with Crippen LogP contribution in [0.2, 0.25) is 0 Å². The lowest BCUT2D eigenvalue weighted by Crippen LogP contribution is -2.42. The van der Waals surface area contributed by atoms with E-state index in [0.29, 0.717) is 17.2 Å². The normalized spacial score (nSPS) is 20.4. The zero-order chi connectivity index (χ0) is 16.5. The summed E-state index contributed by atoms with van der Waals surface area (Å²) in [7, 11) is -1.99. The van der Waals surface area contributed by atoms with E-state index in [0.717, 1.165) is 30.4 Å². The van der Waals surface area contributed by atoms with Crippen molar-refractivity contribution in [3.05, 3.63) is 23.3 Å². The highest BCUT2D eigenvalue weighted by Crippen LogP contribution is 2.34. The number of benzene rings is 1. The van der Waals surface area contributed by atoms with Crippen LogP contribution in [0.3, 0.4) is 0 Å². The van der Waals surface area contributed by atoms with Crippen LogP contribution in [0, 0.1) is 6.92 Å². The van der Waals surface area contributed by atoms with Crippen LogP contribution in [-0.4, -0.2) is 32.4 Å². The van der Waals surface area contributed by atoms with Crippen molar-refractivity contribution in [3.8, 4) is 5.75 Å². The van der Waals surface area contributed by atoms with Crippen LogP contribution in [0.15, 0.2) is 17.0 Å². The molecule has 124 valence electrons. The molecule has 22 heavy (non-hydrogen) atoms. The molecule has 0 unspecified atom stereocenters. The third-order valence-electron chi connectivity index (χ3n) is 4.50. The average molecular weight is 325 g/mol. The summed E-state index contributed by atoms with van der Waals surface area (Å²) in [6, 6.07) is 3.69. The van der Waals surface area contributed by atoms with E-state index in [2.05, 4.69) is 13.8 Å². The molecule has 0 radical (unpaired) electrons. The van der Waals surface area contributed by atoms with Gasteiger partial charge in [0, 0.05) is 12.6 Å². The van der Waals surface area contributed by atoms with Crippen molar-refractivity contribution in [2.24, 2.45) is 0 Å². The number of ether oxygens (including phenoxy) is 1. The van der Waals surface area contributed by atoms with Crippen LogP contribution in [0.5, 0.6) is 5.75 Å². The smallest absolute Gasteiger partial charge is 0.247 e. The Hall–Kier alpha value is -1.07. The van der Waals surface area contributed by atoms with E-state index in [9.17, 15) is 8.42 Å². The van der Waals surface area contributed by atoms with Crippen molar-refractivity contribution in [1.82, 2.24) is 4.31 Å². The van der Waals surface area contributed by atoms with Gasteiger partial charge in [-0.15, -0.1) is 0 Å². The van der Waals surface area contributed by atoms with E-state index in [-0.39, 0.29) is 12.0 Å². The first-order valence-corrected chi connectivity index (χ1v) is 9.43. The fourth-order valence-corrected chi connectivity index (χ4v) is 5.09. The third kappa shape index (κ3) is 3.15. The van der Waals surface area contributed by atoms with Gasteiger partial charge >= 0.3 is 0 Å². The van der Waals surface area contributed by atoms with Gasteiger partial charge in [-0.2, -0.15) is 4.31 Å². The maximum atomic E-state index is 13.1. The molecule has 1 aromatic rings. The molecule has 0 amide bonds. The predicted octanol–water partition coefficient (Wildman–Crippen LogP) is 3.69. The standard InChI is InChI=1S/C17H27NO3S/c1-12(2)15-11-17(16(21-5)10-13(15)3)22(19,20)18-9-7-6-8-14(18)4/h10-12,14H,6-9H2,1-5H3/t14-/m0/s1. The van der Waals surface area contributed by atoms with Gasteiger partial charge in [0.1, 0.15) is 10.6 Å². The summed E-state index contributed by atoms with van der Waals surface area (Å²) in [6.45, 7) is 8.74. The minimum absolute atomic E-state index is 0.0484. The van der Waals surface area contributed by atoms with Crippen LogP contribution in [0.4, 0.5) is 0 Å². The van der Waals surface area contributed by atoms with Gasteiger partial charge < -0.3 is 4.74 Å². The molecule has 1 fully saturated rings. The molecule has 1 atom stereocenters. The zero-order valence-corrected chi connectivity index (χ0v) is 15.0. The van der Waals surface area contributed by atoms with Crippen molar-refractivity contribution in [1.29, 1.82) is 0 Å². The Morgan fingerprint density at radius 3 is 2.50 bits per heavy atom. The number of aryl methyl sites for hydroxylation is 1. The highest BCUT2D eigenvalue weighted by atomic mass is 32.2. The molecule has 1 aliphatic heterocycles. The van der Waals surface area contributed by atoms with E-state index in [1.54, 1.807) is 10.4 Å². The quantitative estimate of drug-likeness (QED) is 0.848. The molecule has 4 nitrogen and oxygen atoms in total. The van der Waals surface area contributed by atoms with Gasteiger partial charge in [0.05, 0.1) is 7.11 Å². The fraction of sp³-hybridized carbons (Fsp3) is 0.647. The number of methoxy groups -OCH3 is 1. The van der Waals surface area contributed by atoms with Gasteiger partial charge in [-0.3, -0.25) is 0 Å². The number of nitrogens with zero attached hydrogens (tertiary/aromatic N) is 1. The largest absolute Gasteiger partial charge is 0.495 e. The van der Waals surface area contributed by atoms with Gasteiger partial charge in [-0.05, 0) is 55.9 Å². The number of sulfonamides is 1. The highest BCUT2D eigenvalue weighted by Gasteiger charge is 2.33. The maximum absolute atomic E-state index is 13.1. The summed E-state index contributed by atoms with van der Waals surface area (Å²) in [5.74, 6) is 0.721. The first kappa shape index (κ1) is 17.3. The first-order valence-electron chi connectivity index (χ1n) is 7.99. The molecule has 0 aliphatic carbocycles. The highest BCUT2D eigenvalue weighted by molar-refractivity contribution is 7.89. The van der Waals surface area contributed by atoms with Gasteiger partial charge in [0.15, 0.2) is 0 Å². The average Bonchev–Trinajstić information content (AvgIpc) is 2.46. The SMILES string of the molecule is COc1cc(C)c(C(C)C)cc1S(=O)(=O)N1CCCC[C@@H]1C. The lowest BCUT2D eigenvalue weighted by atomic mass is 9.98. The summed E-state index contributed by atoms with van der Waals surface area (Å²) in [4.78, 5) is 0.304. The lowest BCUT2D eigenvalue weighted by Gasteiger charge is -2.33. The molecule has 0 aromatic heterocycles. The zero-order valence-electron chi connectivity index (χ0n) is 14.2. The van der Waals surface area contributed by atoms with Crippen molar-refractivity contribution in [3.63, 3.8) is 0 Å². The Morgan fingerprint density at radius 2 is 1.95 bits per heavy atom. The van der Waals surface area contributed by atoms with Crippen molar-refractivity contribution >= 4 is 10.0 Å². The topological polar surface area (TPSA) is 46.6 Å². The van der Waals surface area contributed by atoms with Gasteiger partial charge in [0.2, 0.25) is 10.0 Å². The van der Waals surface area contributed by atoms with Crippen molar-refractivity contribution in [2.45, 2.75) is 63.8 Å². The minimum Gasteiger partial charge on any atom is -0.495 e. The number of hydrogen-bond donors (Lipinski definition) is 0. The van der Waals surface area contributed by atoms with Crippen LogP contribution in [-0.2, 0) is 10.0 Å². The van der Waals surface area contributed by atoms with E-state index in [1.165, 1.54) is 7.11 Å². The maximum Gasteiger partial charge on any atom is 0.247 e. The Kier molecular flexibility index (Phi) is 5.17. The molecule has 1 aliphatic rings. The summed E-state index contributed by atoms with van der Waals surface area (Å²) in [5, 5.41) is 0. The Labute approximate surface area is 134 Å². The van der Waals surface area contributed by atoms with Crippen LogP contribution >= 0.6 is 0 Å². The van der Waals surface area contributed by atoms with E-state index in [4.69, 9.17) is 4.74 Å². The molecule has 0 saturated carbocycles. The molecule has 0 N–H and O–H groups in total. The van der Waals surface area contributed by atoms with E-state index in [1.807, 2.05) is 19.9 Å². The number of piperidine rings is 1. The second-order valence-electron chi connectivity index (χ2n) is 6.47. The predicted molar refractivity (Wildman–Crippen MR) is 89.0 cm³/mol. The summed E-state index contributed by atoms with van der Waals surface area (Å²) in [5.41, 5.74) is 2.13. The van der Waals surface area contributed by atoms with Crippen molar-refractivity contribution in [2.75, 3.05) is 13.7 Å². The molecule has 0 bridgehead atoms. The molecular weight excluding hydrogens is 298 g/mol. The summed E-state index contributed by atoms with van der Waals surface area (Å²) < 4.78 is 33.2. The number of hydrogen-bond acceptors (Lipinski definition) is 3. The van der Waals surface area contributed by atoms with Crippen LogP contribution in [0.1, 0.15) is 57.1 Å². The lowest BCUT2D eigenvalue weighted by molar-refractivity contribution is 0.267. The number of rotatable bonds is 4. The minimum atomic E-state index is -3.52. The van der Waals surface area contributed by atoms with Crippen LogP contribution in [0.25, 0.3) is 0 Å². The molecule has 1 heterocycles. The fourth-order valence-electron chi connectivity index (χ4n) is 3.22. The summed E-state index contributed by atoms with van der Waals surface area (Å²) >= 11 is 0. The molecule has 0 spiro atoms. The van der Waals surface area contributed by atoms with Gasteiger partial charge in [-0.25, -0.2) is 8.42 Å². The van der Waals surface area contributed by atoms with E-state index < -0.39 is 10.0 Å². The Morgan fingerprint density at radius 1 is 1.27 bits per heavy atom. The third-order valence-corrected chi connectivity index (χ3v) is 6.54. The molecule has 1 saturated heterocycles. The second-order valence-corrected chi connectivity index (χ2v) is 8.33. The Bertz CT molecular complexity index is 638. The summed E-state index contributed by atoms with van der Waals surface area (Å²) in [6.07, 6.45) is 2.94. The van der Waals surface area contributed by atoms with E-state index >= 15 is 0 Å². The van der Waals surface area contributed by atoms with Crippen molar-refractivity contribution < 1.29 is 13.2 Å². The van der Waals surface area contributed by atoms with Gasteiger partial charge in [-0.1, -0.05) is 20.3 Å². The monoisotopic (exact) mass is 325 g/mol. The van der Waals surface area contributed by atoms with Gasteiger partial charge in [0.25, 0.3) is 0 Å². The van der Waals surface area contributed by atoms with Crippen LogP contribution < -0.4 is 4.74 Å².